The molecule has 3 aliphatic rings. The van der Waals surface area contributed by atoms with E-state index in [0.29, 0.717) is 11.7 Å². The molecule has 0 spiro atoms. The fourth-order valence-corrected chi connectivity index (χ4v) is 4.34. The third-order valence-electron chi connectivity index (χ3n) is 6.40. The average molecular weight is 364 g/mol. The number of rotatable bonds is 5. The van der Waals surface area contributed by atoms with E-state index in [1.54, 1.807) is 0 Å². The van der Waals surface area contributed by atoms with E-state index in [2.05, 4.69) is 33.2 Å². The highest BCUT2D eigenvalue weighted by atomic mass is 16.2. The summed E-state index contributed by atoms with van der Waals surface area (Å²) in [5.41, 5.74) is 2.93. The highest BCUT2D eigenvalue weighted by Gasteiger charge is 2.55. The van der Waals surface area contributed by atoms with E-state index < -0.39 is 0 Å². The van der Waals surface area contributed by atoms with Crippen molar-refractivity contribution >= 4 is 34.6 Å². The molecule has 1 aliphatic heterocycles. The molecule has 140 valence electrons. The molecule has 27 heavy (non-hydrogen) atoms. The zero-order chi connectivity index (χ0) is 18.6. The van der Waals surface area contributed by atoms with Gasteiger partial charge in [0.25, 0.3) is 0 Å². The Hall–Kier alpha value is -2.47. The fourth-order valence-electron chi connectivity index (χ4n) is 4.34. The number of hydrogen-bond donors (Lipinski definition) is 2. The first-order valence-electron chi connectivity index (χ1n) is 9.80. The van der Waals surface area contributed by atoms with E-state index in [1.807, 2.05) is 18.3 Å². The Morgan fingerprint density at radius 1 is 1.44 bits per heavy atom. The predicted molar refractivity (Wildman–Crippen MR) is 104 cm³/mol. The van der Waals surface area contributed by atoms with Crippen LogP contribution in [-0.2, 0) is 9.59 Å². The molecule has 0 radical (unpaired) electrons. The second-order valence-corrected chi connectivity index (χ2v) is 8.20. The first-order chi connectivity index (χ1) is 13.1. The maximum absolute atomic E-state index is 12.1. The third-order valence-corrected chi connectivity index (χ3v) is 6.40. The molecule has 0 bridgehead atoms. The van der Waals surface area contributed by atoms with Crippen LogP contribution in [0.1, 0.15) is 38.2 Å². The molecule has 0 saturated heterocycles. The summed E-state index contributed by atoms with van der Waals surface area (Å²) in [6, 6.07) is 4.03. The normalized spacial score (nSPS) is 28.0. The van der Waals surface area contributed by atoms with Gasteiger partial charge in [0, 0.05) is 30.6 Å². The van der Waals surface area contributed by atoms with E-state index >= 15 is 0 Å². The minimum atomic E-state index is -0.243. The molecule has 2 saturated carbocycles. The number of nitrogens with one attached hydrogen (secondary N) is 2. The molecule has 2 N–H and O–H groups in total. The van der Waals surface area contributed by atoms with Crippen molar-refractivity contribution in [2.24, 2.45) is 11.8 Å². The summed E-state index contributed by atoms with van der Waals surface area (Å²) in [6.45, 7) is 3.82. The summed E-state index contributed by atoms with van der Waals surface area (Å²) in [6.07, 6.45) is 9.06. The van der Waals surface area contributed by atoms with Crippen LogP contribution in [0, 0.1) is 11.8 Å². The molecule has 6 heteroatoms. The number of aldehydes is 1. The number of carbonyl (C=O) groups excluding carboxylic acids is 2. The van der Waals surface area contributed by atoms with Crippen LogP contribution >= 0.6 is 0 Å². The van der Waals surface area contributed by atoms with Crippen molar-refractivity contribution in [3.63, 3.8) is 0 Å². The third kappa shape index (κ3) is 2.79. The molecular formula is C21H24N4O2. The van der Waals surface area contributed by atoms with Gasteiger partial charge < -0.3 is 15.1 Å². The largest absolute Gasteiger partial charge is 0.346 e. The highest BCUT2D eigenvalue weighted by molar-refractivity contribution is 5.97. The van der Waals surface area contributed by atoms with Gasteiger partial charge in [0.15, 0.2) is 0 Å². The molecular weight excluding hydrogens is 340 g/mol. The number of hydrogen-bond acceptors (Lipinski definition) is 4. The molecule has 3 heterocycles. The minimum absolute atomic E-state index is 0.0683. The van der Waals surface area contributed by atoms with Crippen LogP contribution in [0.4, 0.5) is 5.82 Å². The molecule has 2 fully saturated rings. The van der Waals surface area contributed by atoms with E-state index in [9.17, 15) is 9.59 Å². The number of fused-ring (bicyclic) bond motifs is 1. The van der Waals surface area contributed by atoms with Gasteiger partial charge in [-0.1, -0.05) is 13.0 Å². The lowest BCUT2D eigenvalue weighted by molar-refractivity contribution is -0.117. The SMILES string of the molecule is CC1CC1(C=O)N1CC=C(c2cc(NC(=O)C3CC3)nc3[nH]ccc23)CC1. The maximum Gasteiger partial charge on any atom is 0.228 e. The summed E-state index contributed by atoms with van der Waals surface area (Å²) >= 11 is 0. The Bertz CT molecular complexity index is 958. The number of pyridine rings is 1. The van der Waals surface area contributed by atoms with Gasteiger partial charge in [-0.05, 0) is 54.9 Å². The Labute approximate surface area is 158 Å². The van der Waals surface area contributed by atoms with Crippen LogP contribution in [-0.4, -0.2) is 45.7 Å². The van der Waals surface area contributed by atoms with Crippen molar-refractivity contribution in [2.45, 2.75) is 38.1 Å². The summed E-state index contributed by atoms with van der Waals surface area (Å²) in [5, 5.41) is 4.04. The standard InChI is InChI=1S/C21H24N4O2/c1-13-11-21(13,12-26)25-8-5-14(6-9-25)17-10-18(24-20(27)15-2-3-15)23-19-16(17)4-7-22-19/h4-5,7,10,12-13,15H,2-3,6,8-9,11H2,1H3,(H2,22,23,24,27). The van der Waals surface area contributed by atoms with Gasteiger partial charge in [-0.15, -0.1) is 0 Å². The Morgan fingerprint density at radius 3 is 2.89 bits per heavy atom. The first-order valence-corrected chi connectivity index (χ1v) is 9.80. The Balaban J connectivity index is 1.44. The molecule has 1 amide bonds. The van der Waals surface area contributed by atoms with Gasteiger partial charge in [0.05, 0.1) is 5.54 Å². The van der Waals surface area contributed by atoms with Crippen molar-refractivity contribution in [3.05, 3.63) is 30.0 Å². The van der Waals surface area contributed by atoms with Gasteiger partial charge in [0.1, 0.15) is 17.8 Å². The number of H-pyrrole nitrogens is 1. The first kappa shape index (κ1) is 16.7. The van der Waals surface area contributed by atoms with Gasteiger partial charge >= 0.3 is 0 Å². The zero-order valence-electron chi connectivity index (χ0n) is 15.5. The molecule has 5 rings (SSSR count). The monoisotopic (exact) mass is 364 g/mol. The van der Waals surface area contributed by atoms with Crippen molar-refractivity contribution in [3.8, 4) is 0 Å². The van der Waals surface area contributed by atoms with Crippen LogP contribution in [0.5, 0.6) is 0 Å². The highest BCUT2D eigenvalue weighted by Crippen LogP contribution is 2.47. The van der Waals surface area contributed by atoms with Crippen molar-refractivity contribution in [2.75, 3.05) is 18.4 Å². The van der Waals surface area contributed by atoms with E-state index in [4.69, 9.17) is 0 Å². The number of aromatic amines is 1. The van der Waals surface area contributed by atoms with Gasteiger partial charge in [-0.3, -0.25) is 9.69 Å². The summed E-state index contributed by atoms with van der Waals surface area (Å²) in [4.78, 5) is 33.8. The van der Waals surface area contributed by atoms with Gasteiger partial charge in [0.2, 0.25) is 5.91 Å². The van der Waals surface area contributed by atoms with Crippen LogP contribution < -0.4 is 5.32 Å². The van der Waals surface area contributed by atoms with Crippen LogP contribution in [0.2, 0.25) is 0 Å². The minimum Gasteiger partial charge on any atom is -0.346 e. The summed E-state index contributed by atoms with van der Waals surface area (Å²) in [7, 11) is 0. The van der Waals surface area contributed by atoms with Gasteiger partial charge in [-0.2, -0.15) is 0 Å². The zero-order valence-corrected chi connectivity index (χ0v) is 15.5. The quantitative estimate of drug-likeness (QED) is 0.800. The lowest BCUT2D eigenvalue weighted by Crippen LogP contribution is -2.42. The number of aromatic nitrogens is 2. The van der Waals surface area contributed by atoms with Crippen LogP contribution in [0.15, 0.2) is 24.4 Å². The molecule has 2 aromatic rings. The number of nitrogens with zero attached hydrogens (tertiary/aromatic N) is 2. The average Bonchev–Trinajstić information content (AvgIpc) is 3.59. The number of amides is 1. The summed E-state index contributed by atoms with van der Waals surface area (Å²) in [5.74, 6) is 1.28. The number of carbonyl (C=O) groups is 2. The van der Waals surface area contributed by atoms with Crippen molar-refractivity contribution in [1.82, 2.24) is 14.9 Å². The molecule has 2 atom stereocenters. The smallest absolute Gasteiger partial charge is 0.228 e. The van der Waals surface area contributed by atoms with Crippen molar-refractivity contribution in [1.29, 1.82) is 0 Å². The molecule has 2 aromatic heterocycles. The molecule has 2 unspecified atom stereocenters. The Morgan fingerprint density at radius 2 is 2.26 bits per heavy atom. The number of anilines is 1. The molecule has 2 aliphatic carbocycles. The molecule has 6 nitrogen and oxygen atoms in total. The van der Waals surface area contributed by atoms with Crippen LogP contribution in [0.25, 0.3) is 16.6 Å². The predicted octanol–water partition coefficient (Wildman–Crippen LogP) is 2.98. The van der Waals surface area contributed by atoms with E-state index in [-0.39, 0.29) is 17.4 Å². The van der Waals surface area contributed by atoms with Gasteiger partial charge in [-0.25, -0.2) is 4.98 Å². The summed E-state index contributed by atoms with van der Waals surface area (Å²) < 4.78 is 0. The fraction of sp³-hybridized carbons (Fsp3) is 0.476. The molecule has 0 aromatic carbocycles. The van der Waals surface area contributed by atoms with E-state index in [0.717, 1.165) is 61.7 Å². The second-order valence-electron chi connectivity index (χ2n) is 8.20. The second kappa shape index (κ2) is 6.02. The van der Waals surface area contributed by atoms with Crippen molar-refractivity contribution < 1.29 is 9.59 Å². The lowest BCUT2D eigenvalue weighted by atomic mass is 9.96. The lowest BCUT2D eigenvalue weighted by Gasteiger charge is -2.32. The Kier molecular flexibility index (Phi) is 3.72. The van der Waals surface area contributed by atoms with Crippen LogP contribution in [0.3, 0.4) is 0 Å². The van der Waals surface area contributed by atoms with E-state index in [1.165, 1.54) is 5.57 Å². The maximum atomic E-state index is 12.1. The topological polar surface area (TPSA) is 78.1 Å².